The third-order valence-electron chi connectivity index (χ3n) is 5.99. The summed E-state index contributed by atoms with van der Waals surface area (Å²) in [4.78, 5) is 24.8. The number of carboxylic acid groups (broad SMARTS) is 1. The normalized spacial score (nSPS) is 17.5. The molecule has 178 valence electrons. The van der Waals surface area contributed by atoms with Crippen LogP contribution in [0.25, 0.3) is 0 Å². The quantitative estimate of drug-likeness (QED) is 0.566. The molecule has 0 spiro atoms. The van der Waals surface area contributed by atoms with Gasteiger partial charge in [0.1, 0.15) is 6.10 Å². The van der Waals surface area contributed by atoms with Crippen LogP contribution in [0.4, 0.5) is 13.6 Å². The van der Waals surface area contributed by atoms with E-state index in [1.807, 2.05) is 0 Å². The number of nitrogens with zero attached hydrogens (tertiary/aromatic N) is 1. The van der Waals surface area contributed by atoms with E-state index in [-0.39, 0.29) is 36.6 Å². The lowest BCUT2D eigenvalue weighted by Gasteiger charge is -2.36. The lowest BCUT2D eigenvalue weighted by atomic mass is 9.94. The Morgan fingerprint density at radius 2 is 1.82 bits per heavy atom. The molecule has 1 aliphatic rings. The zero-order chi connectivity index (χ0) is 24.2. The minimum Gasteiger partial charge on any atom is -0.478 e. The number of ether oxygens (including phenoxy) is 1. The van der Waals surface area contributed by atoms with E-state index in [9.17, 15) is 23.5 Å². The van der Waals surface area contributed by atoms with Crippen LogP contribution in [0.15, 0.2) is 42.5 Å². The van der Waals surface area contributed by atoms with Crippen LogP contribution in [0.2, 0.25) is 0 Å². The smallest absolute Gasteiger partial charge is 0.410 e. The number of rotatable bonds is 9. The van der Waals surface area contributed by atoms with Gasteiger partial charge in [0.25, 0.3) is 5.92 Å². The number of carboxylic acids is 1. The van der Waals surface area contributed by atoms with Crippen LogP contribution in [0.3, 0.4) is 0 Å². The summed E-state index contributed by atoms with van der Waals surface area (Å²) in [5.74, 6) is -4.42. The molecule has 0 saturated carbocycles. The van der Waals surface area contributed by atoms with Crippen molar-refractivity contribution in [2.45, 2.75) is 57.6 Å². The summed E-state index contributed by atoms with van der Waals surface area (Å²) < 4.78 is 34.9. The Morgan fingerprint density at radius 3 is 2.42 bits per heavy atom. The molecule has 1 heterocycles. The van der Waals surface area contributed by atoms with Crippen LogP contribution in [0, 0.1) is 13.8 Å². The first-order valence-electron chi connectivity index (χ1n) is 11.0. The van der Waals surface area contributed by atoms with Crippen molar-refractivity contribution in [3.05, 3.63) is 70.3 Å². The molecule has 0 unspecified atom stereocenters. The molecular weight excluding hydrogens is 432 g/mol. The number of halogens is 2. The van der Waals surface area contributed by atoms with Gasteiger partial charge in [0.15, 0.2) is 0 Å². The Morgan fingerprint density at radius 1 is 1.18 bits per heavy atom. The van der Waals surface area contributed by atoms with Gasteiger partial charge in [0.2, 0.25) is 0 Å². The number of carbonyl (C=O) groups is 2. The van der Waals surface area contributed by atoms with Gasteiger partial charge in [-0.2, -0.15) is 8.78 Å². The van der Waals surface area contributed by atoms with Gasteiger partial charge in [-0.3, -0.25) is 0 Å². The van der Waals surface area contributed by atoms with Crippen molar-refractivity contribution in [2.75, 3.05) is 13.2 Å². The zero-order valence-corrected chi connectivity index (χ0v) is 18.8. The zero-order valence-electron chi connectivity index (χ0n) is 18.8. The van der Waals surface area contributed by atoms with Crippen LogP contribution < -0.4 is 0 Å². The summed E-state index contributed by atoms with van der Waals surface area (Å²) in [6, 6.07) is 10.6. The number of aliphatic hydroxyl groups excluding tert-OH is 1. The van der Waals surface area contributed by atoms with Crippen molar-refractivity contribution < 1.29 is 33.3 Å². The molecule has 2 atom stereocenters. The van der Waals surface area contributed by atoms with E-state index in [1.54, 1.807) is 32.0 Å². The summed E-state index contributed by atoms with van der Waals surface area (Å²) >= 11 is 0. The molecule has 0 aliphatic carbocycles. The van der Waals surface area contributed by atoms with Gasteiger partial charge in [0.05, 0.1) is 12.2 Å². The summed E-state index contributed by atoms with van der Waals surface area (Å²) in [5.41, 5.74) is 2.22. The summed E-state index contributed by atoms with van der Waals surface area (Å²) in [6.45, 7) is 3.98. The number of aryl methyl sites for hydroxylation is 2. The van der Waals surface area contributed by atoms with E-state index in [0.717, 1.165) is 5.56 Å². The van der Waals surface area contributed by atoms with Crippen LogP contribution in [0.1, 0.15) is 51.9 Å². The Balaban J connectivity index is 1.62. The van der Waals surface area contributed by atoms with E-state index >= 15 is 0 Å². The van der Waals surface area contributed by atoms with Crippen molar-refractivity contribution in [1.29, 1.82) is 0 Å². The van der Waals surface area contributed by atoms with Crippen LogP contribution >= 0.6 is 0 Å². The molecule has 3 rings (SSSR count). The van der Waals surface area contributed by atoms with Gasteiger partial charge >= 0.3 is 12.1 Å². The highest BCUT2D eigenvalue weighted by Crippen LogP contribution is 2.35. The molecule has 2 aromatic carbocycles. The molecule has 33 heavy (non-hydrogen) atoms. The molecule has 1 fully saturated rings. The van der Waals surface area contributed by atoms with Crippen molar-refractivity contribution in [2.24, 2.45) is 0 Å². The molecule has 2 aromatic rings. The molecule has 1 amide bonds. The van der Waals surface area contributed by atoms with E-state index in [4.69, 9.17) is 9.84 Å². The molecule has 1 saturated heterocycles. The highest BCUT2D eigenvalue weighted by atomic mass is 19.3. The van der Waals surface area contributed by atoms with Gasteiger partial charge in [-0.1, -0.05) is 29.3 Å². The monoisotopic (exact) mass is 461 g/mol. The van der Waals surface area contributed by atoms with Crippen molar-refractivity contribution >= 4 is 12.1 Å². The number of hydrogen-bond donors (Lipinski definition) is 2. The topological polar surface area (TPSA) is 87.1 Å². The van der Waals surface area contributed by atoms with Gasteiger partial charge in [-0.15, -0.1) is 0 Å². The Bertz CT molecular complexity index is 973. The van der Waals surface area contributed by atoms with E-state index in [2.05, 4.69) is 0 Å². The SMILES string of the molecule is Cc1cc(C)cc(C(F)(F)[C@H](O)CC[C@H]2CCOC(=O)N2CCc2ccc(C(=O)O)cc2)c1. The Kier molecular flexibility index (Phi) is 7.68. The maximum absolute atomic E-state index is 14.9. The first-order valence-corrected chi connectivity index (χ1v) is 11.0. The van der Waals surface area contributed by atoms with Crippen LogP contribution in [-0.2, 0) is 17.1 Å². The molecule has 1 aliphatic heterocycles. The van der Waals surface area contributed by atoms with Crippen molar-refractivity contribution in [3.8, 4) is 0 Å². The van der Waals surface area contributed by atoms with Crippen LogP contribution in [-0.4, -0.2) is 52.5 Å². The number of amides is 1. The average molecular weight is 462 g/mol. The van der Waals surface area contributed by atoms with E-state index < -0.39 is 24.1 Å². The van der Waals surface area contributed by atoms with Crippen molar-refractivity contribution in [1.82, 2.24) is 4.90 Å². The van der Waals surface area contributed by atoms with Gasteiger partial charge < -0.3 is 19.8 Å². The number of aromatic carboxylic acids is 1. The summed E-state index contributed by atoms with van der Waals surface area (Å²) in [6.07, 6.45) is -1.37. The number of aliphatic hydroxyl groups is 1. The minimum absolute atomic E-state index is 0.165. The maximum Gasteiger partial charge on any atom is 0.410 e. The summed E-state index contributed by atoms with van der Waals surface area (Å²) in [5, 5.41) is 19.3. The number of cyclic esters (lactones) is 1. The molecule has 0 bridgehead atoms. The van der Waals surface area contributed by atoms with Gasteiger partial charge in [-0.05, 0) is 62.9 Å². The standard InChI is InChI=1S/C25H29F2NO5/c1-16-13-17(2)15-20(14-16)25(26,27)22(29)8-7-21-10-12-33-24(32)28(21)11-9-18-3-5-19(6-4-18)23(30)31/h3-6,13-15,21-22,29H,7-12H2,1-2H3,(H,30,31)/t21-,22+/m0/s1. The molecule has 0 radical (unpaired) electrons. The Labute approximate surface area is 191 Å². The van der Waals surface area contributed by atoms with E-state index in [1.165, 1.54) is 29.2 Å². The fourth-order valence-electron chi connectivity index (χ4n) is 4.20. The first-order chi connectivity index (χ1) is 15.6. The number of alkyl halides is 2. The predicted molar refractivity (Wildman–Crippen MR) is 119 cm³/mol. The number of carbonyl (C=O) groups excluding carboxylic acids is 1. The second-order valence-electron chi connectivity index (χ2n) is 8.59. The third-order valence-corrected chi connectivity index (χ3v) is 5.99. The largest absolute Gasteiger partial charge is 0.478 e. The summed E-state index contributed by atoms with van der Waals surface area (Å²) in [7, 11) is 0. The molecule has 0 aromatic heterocycles. The highest BCUT2D eigenvalue weighted by molar-refractivity contribution is 5.87. The fraction of sp³-hybridized carbons (Fsp3) is 0.440. The molecular formula is C25H29F2NO5. The third kappa shape index (κ3) is 6.07. The Hall–Kier alpha value is -3.00. The second kappa shape index (κ2) is 10.3. The maximum atomic E-state index is 14.9. The second-order valence-corrected chi connectivity index (χ2v) is 8.59. The predicted octanol–water partition coefficient (Wildman–Crippen LogP) is 4.69. The van der Waals surface area contributed by atoms with E-state index in [0.29, 0.717) is 30.5 Å². The van der Waals surface area contributed by atoms with Crippen LogP contribution in [0.5, 0.6) is 0 Å². The molecule has 6 nitrogen and oxygen atoms in total. The minimum atomic E-state index is -3.40. The fourth-order valence-corrected chi connectivity index (χ4v) is 4.20. The van der Waals surface area contributed by atoms with Gasteiger partial charge in [0, 0.05) is 24.6 Å². The number of benzene rings is 2. The lowest BCUT2D eigenvalue weighted by Crippen LogP contribution is -2.47. The molecule has 8 heteroatoms. The first kappa shape index (κ1) is 24.6. The highest BCUT2D eigenvalue weighted by Gasteiger charge is 2.41. The van der Waals surface area contributed by atoms with Gasteiger partial charge in [-0.25, -0.2) is 9.59 Å². The molecule has 2 N–H and O–H groups in total. The van der Waals surface area contributed by atoms with Crippen molar-refractivity contribution in [3.63, 3.8) is 0 Å². The lowest BCUT2D eigenvalue weighted by molar-refractivity contribution is -0.120. The number of hydrogen-bond acceptors (Lipinski definition) is 4. The average Bonchev–Trinajstić information content (AvgIpc) is 2.76.